The van der Waals surface area contributed by atoms with Gasteiger partial charge in [-0.25, -0.2) is 9.18 Å². The molecule has 0 aliphatic rings. The van der Waals surface area contributed by atoms with Gasteiger partial charge in [-0.3, -0.25) is 14.2 Å². The third-order valence-electron chi connectivity index (χ3n) is 4.33. The van der Waals surface area contributed by atoms with Gasteiger partial charge in [0, 0.05) is 11.4 Å². The predicted octanol–water partition coefficient (Wildman–Crippen LogP) is 1.91. The first-order valence-electron chi connectivity index (χ1n) is 9.52. The standard InChI is InChI=1S/C22H21FN2O4S2/c1-3-29-21(27)11-20-25(13-19(26)24-12-15-4-6-16(23)7-5-15)22(28)18(31-20)10-17-14(2)8-9-30-17/h4-11H,3,12-13H2,1-2H3,(H,24,26)/b18-10+,20-11+. The van der Waals surface area contributed by atoms with Crippen molar-refractivity contribution in [1.29, 1.82) is 0 Å². The minimum Gasteiger partial charge on any atom is -0.463 e. The average Bonchev–Trinajstić information content (AvgIpc) is 3.26. The topological polar surface area (TPSA) is 77.4 Å². The summed E-state index contributed by atoms with van der Waals surface area (Å²) < 4.78 is 20.0. The molecule has 2 aromatic heterocycles. The van der Waals surface area contributed by atoms with Gasteiger partial charge < -0.3 is 10.1 Å². The number of ether oxygens (including phenoxy) is 1. The number of aryl methyl sites for hydroxylation is 1. The lowest BCUT2D eigenvalue weighted by atomic mass is 10.2. The predicted molar refractivity (Wildman–Crippen MR) is 120 cm³/mol. The second kappa shape index (κ2) is 10.3. The van der Waals surface area contributed by atoms with Crippen LogP contribution in [-0.4, -0.2) is 23.1 Å². The van der Waals surface area contributed by atoms with Crippen LogP contribution in [0.1, 0.15) is 22.9 Å². The molecule has 31 heavy (non-hydrogen) atoms. The van der Waals surface area contributed by atoms with E-state index in [1.54, 1.807) is 25.1 Å². The Balaban J connectivity index is 1.90. The number of hydrogen-bond acceptors (Lipinski definition) is 6. The summed E-state index contributed by atoms with van der Waals surface area (Å²) in [6, 6.07) is 7.72. The molecular weight excluding hydrogens is 439 g/mol. The van der Waals surface area contributed by atoms with Gasteiger partial charge in [0.25, 0.3) is 5.56 Å². The smallest absolute Gasteiger partial charge is 0.333 e. The lowest BCUT2D eigenvalue weighted by Gasteiger charge is -2.06. The number of hydrogen-bond donors (Lipinski definition) is 1. The fourth-order valence-electron chi connectivity index (χ4n) is 2.73. The summed E-state index contributed by atoms with van der Waals surface area (Å²) in [6.45, 7) is 3.79. The monoisotopic (exact) mass is 460 g/mol. The van der Waals surface area contributed by atoms with E-state index in [1.807, 2.05) is 18.4 Å². The fraction of sp³-hybridized carbons (Fsp3) is 0.227. The number of benzene rings is 1. The van der Waals surface area contributed by atoms with Crippen molar-refractivity contribution in [3.8, 4) is 0 Å². The van der Waals surface area contributed by atoms with Crippen LogP contribution in [0.2, 0.25) is 0 Å². The summed E-state index contributed by atoms with van der Waals surface area (Å²) >= 11 is 2.63. The van der Waals surface area contributed by atoms with E-state index in [1.165, 1.54) is 34.1 Å². The summed E-state index contributed by atoms with van der Waals surface area (Å²) in [5, 5.41) is 4.64. The minimum absolute atomic E-state index is 0.197. The number of halogens is 1. The van der Waals surface area contributed by atoms with Gasteiger partial charge in [0.1, 0.15) is 17.0 Å². The highest BCUT2D eigenvalue weighted by Gasteiger charge is 2.12. The second-order valence-electron chi connectivity index (χ2n) is 6.61. The number of nitrogens with zero attached hydrogens (tertiary/aromatic N) is 1. The van der Waals surface area contributed by atoms with E-state index in [2.05, 4.69) is 5.32 Å². The Labute approximate surface area is 185 Å². The molecule has 0 aliphatic heterocycles. The highest BCUT2D eigenvalue weighted by molar-refractivity contribution is 7.11. The first kappa shape index (κ1) is 22.6. The van der Waals surface area contributed by atoms with E-state index in [4.69, 9.17) is 4.74 Å². The molecule has 1 aromatic carbocycles. The maximum atomic E-state index is 13.0. The molecule has 1 N–H and O–H groups in total. The summed E-state index contributed by atoms with van der Waals surface area (Å²) in [6.07, 6.45) is 2.99. The molecule has 0 unspecified atom stereocenters. The SMILES string of the molecule is CCOC(=O)/C=c1/s/c(=C/c2sccc2C)c(=O)n1CC(=O)NCc1ccc(F)cc1. The summed E-state index contributed by atoms with van der Waals surface area (Å²) in [7, 11) is 0. The van der Waals surface area contributed by atoms with E-state index >= 15 is 0 Å². The lowest BCUT2D eigenvalue weighted by Crippen LogP contribution is -2.38. The van der Waals surface area contributed by atoms with Crippen LogP contribution in [0.3, 0.4) is 0 Å². The molecule has 0 aliphatic carbocycles. The molecule has 0 atom stereocenters. The zero-order valence-electron chi connectivity index (χ0n) is 17.0. The second-order valence-corrected chi connectivity index (χ2v) is 8.62. The molecule has 0 bridgehead atoms. The Kier molecular flexibility index (Phi) is 7.54. The lowest BCUT2D eigenvalue weighted by molar-refractivity contribution is -0.135. The van der Waals surface area contributed by atoms with Gasteiger partial charge >= 0.3 is 5.97 Å². The fourth-order valence-corrected chi connectivity index (χ4v) is 4.68. The molecule has 0 spiro atoms. The molecule has 3 rings (SSSR count). The minimum atomic E-state index is -0.580. The van der Waals surface area contributed by atoms with Gasteiger partial charge in [0.15, 0.2) is 0 Å². The Hall–Kier alpha value is -3.04. The molecule has 0 fully saturated rings. The van der Waals surface area contributed by atoms with Gasteiger partial charge in [-0.2, -0.15) is 0 Å². The number of thiazole rings is 1. The van der Waals surface area contributed by atoms with Crippen LogP contribution >= 0.6 is 22.7 Å². The van der Waals surface area contributed by atoms with Crippen LogP contribution < -0.4 is 20.1 Å². The van der Waals surface area contributed by atoms with Gasteiger partial charge in [-0.15, -0.1) is 22.7 Å². The van der Waals surface area contributed by atoms with Gasteiger partial charge in [0.05, 0.1) is 17.2 Å². The molecule has 0 radical (unpaired) electrons. The highest BCUT2D eigenvalue weighted by atomic mass is 32.1. The summed E-state index contributed by atoms with van der Waals surface area (Å²) in [4.78, 5) is 38.3. The number of nitrogens with one attached hydrogen (secondary N) is 1. The number of aromatic nitrogens is 1. The molecular formula is C22H21FN2O4S2. The van der Waals surface area contributed by atoms with Crippen LogP contribution in [0.15, 0.2) is 40.5 Å². The molecule has 2 heterocycles. The van der Waals surface area contributed by atoms with Crippen LogP contribution in [0.4, 0.5) is 4.39 Å². The highest BCUT2D eigenvalue weighted by Crippen LogP contribution is 2.15. The maximum Gasteiger partial charge on any atom is 0.333 e. The molecule has 9 heteroatoms. The Morgan fingerprint density at radius 3 is 2.61 bits per heavy atom. The number of esters is 1. The van der Waals surface area contributed by atoms with E-state index in [0.29, 0.717) is 9.20 Å². The van der Waals surface area contributed by atoms with Gasteiger partial charge in [-0.05, 0) is 54.6 Å². The molecule has 3 aromatic rings. The average molecular weight is 461 g/mol. The molecule has 0 saturated heterocycles. The Morgan fingerprint density at radius 2 is 1.97 bits per heavy atom. The largest absolute Gasteiger partial charge is 0.463 e. The van der Waals surface area contributed by atoms with Crippen molar-refractivity contribution in [3.63, 3.8) is 0 Å². The van der Waals surface area contributed by atoms with Crippen molar-refractivity contribution < 1.29 is 18.7 Å². The number of carbonyl (C=O) groups is 2. The van der Waals surface area contributed by atoms with E-state index in [-0.39, 0.29) is 31.1 Å². The number of amides is 1. The van der Waals surface area contributed by atoms with Crippen LogP contribution in [0.5, 0.6) is 0 Å². The zero-order chi connectivity index (χ0) is 22.4. The first-order chi connectivity index (χ1) is 14.9. The van der Waals surface area contributed by atoms with Crippen LogP contribution in [0.25, 0.3) is 12.2 Å². The van der Waals surface area contributed by atoms with Gasteiger partial charge in [0.2, 0.25) is 5.91 Å². The van der Waals surface area contributed by atoms with Crippen LogP contribution in [-0.2, 0) is 27.4 Å². The van der Waals surface area contributed by atoms with Gasteiger partial charge in [-0.1, -0.05) is 12.1 Å². The van der Waals surface area contributed by atoms with Crippen molar-refractivity contribution in [2.45, 2.75) is 26.9 Å². The van der Waals surface area contributed by atoms with E-state index in [0.717, 1.165) is 27.3 Å². The quantitative estimate of drug-likeness (QED) is 0.547. The van der Waals surface area contributed by atoms with E-state index < -0.39 is 11.9 Å². The number of carbonyl (C=O) groups excluding carboxylic acids is 2. The van der Waals surface area contributed by atoms with Crippen molar-refractivity contribution in [2.24, 2.45) is 0 Å². The first-order valence-corrected chi connectivity index (χ1v) is 11.2. The third kappa shape index (κ3) is 5.99. The number of thiophene rings is 1. The Morgan fingerprint density at radius 1 is 1.23 bits per heavy atom. The molecule has 6 nitrogen and oxygen atoms in total. The molecule has 1 amide bonds. The summed E-state index contributed by atoms with van der Waals surface area (Å²) in [5.41, 5.74) is 1.41. The molecule has 162 valence electrons. The molecule has 0 saturated carbocycles. The normalized spacial score (nSPS) is 12.2. The van der Waals surface area contributed by atoms with E-state index in [9.17, 15) is 18.8 Å². The Bertz CT molecular complexity index is 1260. The van der Waals surface area contributed by atoms with Crippen molar-refractivity contribution in [2.75, 3.05) is 6.61 Å². The maximum absolute atomic E-state index is 13.0. The van der Waals surface area contributed by atoms with Crippen molar-refractivity contribution in [1.82, 2.24) is 9.88 Å². The zero-order valence-corrected chi connectivity index (χ0v) is 18.6. The van der Waals surface area contributed by atoms with Crippen molar-refractivity contribution >= 4 is 46.7 Å². The van der Waals surface area contributed by atoms with Crippen molar-refractivity contribution in [3.05, 3.63) is 77.1 Å². The third-order valence-corrected chi connectivity index (χ3v) is 6.36. The number of rotatable bonds is 7. The summed E-state index contributed by atoms with van der Waals surface area (Å²) in [5.74, 6) is -1.34. The van der Waals surface area contributed by atoms with Crippen LogP contribution in [0, 0.1) is 12.7 Å².